The number of benzene rings is 1. The van der Waals surface area contributed by atoms with Crippen LogP contribution in [0.25, 0.3) is 11.0 Å². The fourth-order valence-electron chi connectivity index (χ4n) is 2.76. The number of rotatable bonds is 8. The summed E-state index contributed by atoms with van der Waals surface area (Å²) in [7, 11) is 0. The van der Waals surface area contributed by atoms with Crippen LogP contribution >= 0.6 is 11.8 Å². The highest BCUT2D eigenvalue weighted by Gasteiger charge is 2.13. The Labute approximate surface area is 157 Å². The van der Waals surface area contributed by atoms with Gasteiger partial charge in [0.25, 0.3) is 0 Å². The number of thioether (sulfide) groups is 1. The molecule has 2 aromatic heterocycles. The van der Waals surface area contributed by atoms with Crippen LogP contribution in [0.15, 0.2) is 42.6 Å². The average Bonchev–Trinajstić information content (AvgIpc) is 2.99. The molecule has 0 unspecified atom stereocenters. The van der Waals surface area contributed by atoms with Crippen LogP contribution in [0.5, 0.6) is 5.88 Å². The molecule has 0 bridgehead atoms. The van der Waals surface area contributed by atoms with E-state index >= 15 is 0 Å². The number of carbonyl (C=O) groups is 1. The number of amides is 1. The summed E-state index contributed by atoms with van der Waals surface area (Å²) in [6, 6.07) is 11.6. The molecule has 0 saturated heterocycles. The highest BCUT2D eigenvalue weighted by Crippen LogP contribution is 2.19. The van der Waals surface area contributed by atoms with Crippen molar-refractivity contribution in [1.82, 2.24) is 19.9 Å². The van der Waals surface area contributed by atoms with Gasteiger partial charge < -0.3 is 14.6 Å². The number of pyridine rings is 1. The highest BCUT2D eigenvalue weighted by atomic mass is 32.2. The van der Waals surface area contributed by atoms with Crippen LogP contribution < -0.4 is 10.1 Å². The predicted octanol–water partition coefficient (Wildman–Crippen LogP) is 3.01. The lowest BCUT2D eigenvalue weighted by Crippen LogP contribution is -2.28. The van der Waals surface area contributed by atoms with E-state index in [1.807, 2.05) is 54.1 Å². The summed E-state index contributed by atoms with van der Waals surface area (Å²) < 4.78 is 7.48. The van der Waals surface area contributed by atoms with E-state index in [1.165, 1.54) is 0 Å². The minimum Gasteiger partial charge on any atom is -0.478 e. The first-order valence-electron chi connectivity index (χ1n) is 8.49. The van der Waals surface area contributed by atoms with E-state index < -0.39 is 0 Å². The van der Waals surface area contributed by atoms with Gasteiger partial charge in [-0.2, -0.15) is 11.8 Å². The molecule has 1 aromatic carbocycles. The van der Waals surface area contributed by atoms with Gasteiger partial charge in [-0.15, -0.1) is 0 Å². The third-order valence-corrected chi connectivity index (χ3v) is 4.46. The molecule has 0 saturated carbocycles. The van der Waals surface area contributed by atoms with Crippen molar-refractivity contribution in [1.29, 1.82) is 0 Å². The SMILES string of the molecule is CCOc1ncccc1CNC(=O)Cn1c(CSC)nc2ccccc21. The van der Waals surface area contributed by atoms with Gasteiger partial charge in [-0.3, -0.25) is 4.79 Å². The van der Waals surface area contributed by atoms with Crippen LogP contribution in [0.4, 0.5) is 0 Å². The average molecular weight is 370 g/mol. The third-order valence-electron chi connectivity index (χ3n) is 3.92. The topological polar surface area (TPSA) is 69.0 Å². The lowest BCUT2D eigenvalue weighted by atomic mass is 10.2. The molecule has 2 heterocycles. The maximum atomic E-state index is 12.5. The molecule has 7 heteroatoms. The molecule has 26 heavy (non-hydrogen) atoms. The molecule has 3 aromatic rings. The van der Waals surface area contributed by atoms with Crippen LogP contribution in [-0.4, -0.2) is 33.3 Å². The number of para-hydroxylation sites is 2. The number of aromatic nitrogens is 3. The van der Waals surface area contributed by atoms with Crippen molar-refractivity contribution in [3.05, 3.63) is 54.0 Å². The minimum absolute atomic E-state index is 0.0678. The van der Waals surface area contributed by atoms with Crippen molar-refractivity contribution in [2.45, 2.75) is 25.8 Å². The van der Waals surface area contributed by atoms with Crippen LogP contribution in [0.2, 0.25) is 0 Å². The number of hydrogen-bond donors (Lipinski definition) is 1. The zero-order valence-electron chi connectivity index (χ0n) is 14.9. The zero-order chi connectivity index (χ0) is 18.4. The minimum atomic E-state index is -0.0678. The first-order chi connectivity index (χ1) is 12.7. The summed E-state index contributed by atoms with van der Waals surface area (Å²) in [5, 5.41) is 2.96. The molecule has 0 aliphatic rings. The Hall–Kier alpha value is -2.54. The van der Waals surface area contributed by atoms with Gasteiger partial charge >= 0.3 is 0 Å². The van der Waals surface area contributed by atoms with Gasteiger partial charge in [-0.05, 0) is 31.4 Å². The number of ether oxygens (including phenoxy) is 1. The van der Waals surface area contributed by atoms with Crippen LogP contribution in [-0.2, 0) is 23.6 Å². The maximum absolute atomic E-state index is 12.5. The maximum Gasteiger partial charge on any atom is 0.240 e. The Morgan fingerprint density at radius 2 is 2.12 bits per heavy atom. The van der Waals surface area contributed by atoms with Crippen molar-refractivity contribution >= 4 is 28.7 Å². The van der Waals surface area contributed by atoms with Crippen molar-refractivity contribution in [3.8, 4) is 5.88 Å². The summed E-state index contributed by atoms with van der Waals surface area (Å²) in [6.07, 6.45) is 3.71. The fraction of sp³-hybridized carbons (Fsp3) is 0.316. The van der Waals surface area contributed by atoms with Crippen LogP contribution in [0, 0.1) is 0 Å². The molecule has 0 spiro atoms. The Morgan fingerprint density at radius 3 is 2.92 bits per heavy atom. The predicted molar refractivity (Wildman–Crippen MR) is 104 cm³/mol. The van der Waals surface area contributed by atoms with Gasteiger partial charge in [0.05, 0.1) is 23.4 Å². The Balaban J connectivity index is 1.73. The van der Waals surface area contributed by atoms with Gasteiger partial charge in [-0.25, -0.2) is 9.97 Å². The van der Waals surface area contributed by atoms with Gasteiger partial charge in [0.1, 0.15) is 12.4 Å². The molecular formula is C19H22N4O2S. The van der Waals surface area contributed by atoms with Gasteiger partial charge in [0.15, 0.2) is 0 Å². The second-order valence-corrected chi connectivity index (χ2v) is 6.58. The van der Waals surface area contributed by atoms with Gasteiger partial charge in [0, 0.05) is 18.3 Å². The molecular weight excluding hydrogens is 348 g/mol. The molecule has 136 valence electrons. The van der Waals surface area contributed by atoms with Crippen molar-refractivity contribution < 1.29 is 9.53 Å². The number of nitrogens with one attached hydrogen (secondary N) is 1. The number of fused-ring (bicyclic) bond motifs is 1. The standard InChI is InChI=1S/C19H22N4O2S/c1-3-25-19-14(7-6-10-20-19)11-21-18(24)12-23-16-9-5-4-8-15(16)22-17(23)13-26-2/h4-10H,3,11-13H2,1-2H3,(H,21,24). The lowest BCUT2D eigenvalue weighted by molar-refractivity contribution is -0.121. The van der Waals surface area contributed by atoms with E-state index in [4.69, 9.17) is 4.74 Å². The third kappa shape index (κ3) is 4.16. The molecule has 0 aliphatic heterocycles. The highest BCUT2D eigenvalue weighted by molar-refractivity contribution is 7.97. The van der Waals surface area contributed by atoms with Crippen LogP contribution in [0.1, 0.15) is 18.3 Å². The summed E-state index contributed by atoms with van der Waals surface area (Å²) in [4.78, 5) is 21.4. The van der Waals surface area contributed by atoms with E-state index in [0.717, 1.165) is 28.2 Å². The molecule has 1 N–H and O–H groups in total. The summed E-state index contributed by atoms with van der Waals surface area (Å²) in [5.74, 6) is 2.16. The fourth-order valence-corrected chi connectivity index (χ4v) is 3.24. The second-order valence-electron chi connectivity index (χ2n) is 5.71. The van der Waals surface area contributed by atoms with E-state index in [2.05, 4.69) is 15.3 Å². The number of carbonyl (C=O) groups excluding carboxylic acids is 1. The van der Waals surface area contributed by atoms with E-state index in [0.29, 0.717) is 19.0 Å². The molecule has 0 aliphatic carbocycles. The first kappa shape index (κ1) is 18.3. The van der Waals surface area contributed by atoms with Crippen LogP contribution in [0.3, 0.4) is 0 Å². The molecule has 0 fully saturated rings. The monoisotopic (exact) mass is 370 g/mol. The summed E-state index contributed by atoms with van der Waals surface area (Å²) in [6.45, 7) is 3.07. The number of hydrogen-bond acceptors (Lipinski definition) is 5. The Kier molecular flexibility index (Phi) is 6.12. The lowest BCUT2D eigenvalue weighted by Gasteiger charge is -2.11. The molecule has 1 amide bonds. The van der Waals surface area contributed by atoms with Crippen molar-refractivity contribution in [2.24, 2.45) is 0 Å². The van der Waals surface area contributed by atoms with Crippen molar-refractivity contribution in [2.75, 3.05) is 12.9 Å². The summed E-state index contributed by atoms with van der Waals surface area (Å²) >= 11 is 1.69. The summed E-state index contributed by atoms with van der Waals surface area (Å²) in [5.41, 5.74) is 2.75. The number of nitrogens with zero attached hydrogens (tertiary/aromatic N) is 3. The molecule has 0 radical (unpaired) electrons. The number of imidazole rings is 1. The van der Waals surface area contributed by atoms with E-state index in [9.17, 15) is 4.79 Å². The van der Waals surface area contributed by atoms with E-state index in [1.54, 1.807) is 18.0 Å². The zero-order valence-corrected chi connectivity index (χ0v) is 15.8. The smallest absolute Gasteiger partial charge is 0.240 e. The molecule has 3 rings (SSSR count). The quantitative estimate of drug-likeness (QED) is 0.660. The first-order valence-corrected chi connectivity index (χ1v) is 9.88. The molecule has 6 nitrogen and oxygen atoms in total. The van der Waals surface area contributed by atoms with Crippen molar-refractivity contribution in [3.63, 3.8) is 0 Å². The van der Waals surface area contributed by atoms with E-state index in [-0.39, 0.29) is 12.5 Å². The Bertz CT molecular complexity index is 894. The second kappa shape index (κ2) is 8.71. The van der Waals surface area contributed by atoms with Gasteiger partial charge in [-0.1, -0.05) is 18.2 Å². The molecule has 0 atom stereocenters. The Morgan fingerprint density at radius 1 is 1.27 bits per heavy atom. The normalized spacial score (nSPS) is 10.8. The van der Waals surface area contributed by atoms with Gasteiger partial charge in [0.2, 0.25) is 11.8 Å². The largest absolute Gasteiger partial charge is 0.478 e.